The van der Waals surface area contributed by atoms with Crippen molar-refractivity contribution in [1.29, 1.82) is 0 Å². The quantitative estimate of drug-likeness (QED) is 0.619. The van der Waals surface area contributed by atoms with E-state index >= 15 is 0 Å². The van der Waals surface area contributed by atoms with Crippen LogP contribution in [0.2, 0.25) is 10.0 Å². The van der Waals surface area contributed by atoms with Crippen molar-refractivity contribution in [3.8, 4) is 17.2 Å². The maximum Gasteiger partial charge on any atom is 0.231 e. The fourth-order valence-corrected chi connectivity index (χ4v) is 4.46. The van der Waals surface area contributed by atoms with Gasteiger partial charge in [-0.2, -0.15) is 0 Å². The van der Waals surface area contributed by atoms with Crippen LogP contribution < -0.4 is 14.2 Å². The summed E-state index contributed by atoms with van der Waals surface area (Å²) in [5.74, 6) is -0.190. The van der Waals surface area contributed by atoms with Crippen molar-refractivity contribution in [3.05, 3.63) is 63.3 Å². The third-order valence-corrected chi connectivity index (χ3v) is 6.35. The van der Waals surface area contributed by atoms with Crippen LogP contribution in [0.3, 0.4) is 0 Å². The number of allylic oxidation sites excluding steroid dienone is 1. The Morgan fingerprint density at radius 2 is 1.84 bits per heavy atom. The Hall–Kier alpha value is -2.70. The standard InChI is InChI=1S/C23H20Cl2O6/c1-12-8-14(26)9-18(30-11-13-6-4-5-7-15(13)24)23(12)22(27)19-16(28-2)10-17(29-3)20(25)21(19)31-23/h4-7,9-10,12H,8,11H2,1-3H3. The van der Waals surface area contributed by atoms with E-state index in [1.807, 2.05) is 6.07 Å². The zero-order chi connectivity index (χ0) is 22.3. The Kier molecular flexibility index (Phi) is 5.62. The zero-order valence-electron chi connectivity index (χ0n) is 17.2. The summed E-state index contributed by atoms with van der Waals surface area (Å²) in [5.41, 5.74) is -0.631. The van der Waals surface area contributed by atoms with Gasteiger partial charge in [0.2, 0.25) is 11.4 Å². The van der Waals surface area contributed by atoms with Gasteiger partial charge in [-0.1, -0.05) is 48.3 Å². The van der Waals surface area contributed by atoms with Gasteiger partial charge in [0.25, 0.3) is 0 Å². The predicted molar refractivity (Wildman–Crippen MR) is 115 cm³/mol. The van der Waals surface area contributed by atoms with E-state index in [4.69, 9.17) is 42.1 Å². The van der Waals surface area contributed by atoms with Crippen LogP contribution in [0.5, 0.6) is 17.2 Å². The minimum absolute atomic E-state index is 0.0639. The number of Topliss-reactive ketones (excluding diaryl/α,β-unsaturated/α-hetero) is 1. The number of hydrogen-bond donors (Lipinski definition) is 0. The Morgan fingerprint density at radius 1 is 1.13 bits per heavy atom. The summed E-state index contributed by atoms with van der Waals surface area (Å²) in [6.45, 7) is 1.83. The van der Waals surface area contributed by atoms with Crippen molar-refractivity contribution >= 4 is 34.8 Å². The fourth-order valence-electron chi connectivity index (χ4n) is 4.01. The second-order valence-corrected chi connectivity index (χ2v) is 8.21. The number of halogens is 2. The number of fused-ring (bicyclic) bond motifs is 1. The van der Waals surface area contributed by atoms with E-state index in [0.29, 0.717) is 16.3 Å². The summed E-state index contributed by atoms with van der Waals surface area (Å²) in [6.07, 6.45) is 1.44. The molecule has 162 valence electrons. The molecule has 0 saturated heterocycles. The number of rotatable bonds is 5. The van der Waals surface area contributed by atoms with Crippen molar-refractivity contribution in [1.82, 2.24) is 0 Å². The maximum atomic E-state index is 13.7. The lowest BCUT2D eigenvalue weighted by atomic mass is 9.75. The normalized spacial score (nSPS) is 22.1. The molecule has 1 aliphatic heterocycles. The summed E-state index contributed by atoms with van der Waals surface area (Å²) in [5, 5.41) is 0.668. The third kappa shape index (κ3) is 3.34. The maximum absolute atomic E-state index is 13.7. The molecule has 1 spiro atoms. The molecule has 0 N–H and O–H groups in total. The molecule has 1 aliphatic carbocycles. The van der Waals surface area contributed by atoms with Crippen molar-refractivity contribution < 1.29 is 28.5 Å². The highest BCUT2D eigenvalue weighted by Gasteiger charge is 2.60. The molecule has 2 aliphatic rings. The van der Waals surface area contributed by atoms with Gasteiger partial charge >= 0.3 is 0 Å². The van der Waals surface area contributed by atoms with Gasteiger partial charge in [-0.15, -0.1) is 0 Å². The van der Waals surface area contributed by atoms with Crippen LogP contribution in [0.1, 0.15) is 29.3 Å². The van der Waals surface area contributed by atoms with Gasteiger partial charge in [0.15, 0.2) is 17.3 Å². The van der Waals surface area contributed by atoms with E-state index in [1.165, 1.54) is 26.4 Å². The number of ketones is 2. The van der Waals surface area contributed by atoms with Gasteiger partial charge in [-0.3, -0.25) is 9.59 Å². The monoisotopic (exact) mass is 462 g/mol. The van der Waals surface area contributed by atoms with Gasteiger partial charge in [0.1, 0.15) is 28.7 Å². The van der Waals surface area contributed by atoms with Gasteiger partial charge in [-0.25, -0.2) is 0 Å². The average Bonchev–Trinajstić information content (AvgIpc) is 3.06. The topological polar surface area (TPSA) is 71.1 Å². The Labute approximate surface area is 189 Å². The summed E-state index contributed by atoms with van der Waals surface area (Å²) in [4.78, 5) is 26.1. The second-order valence-electron chi connectivity index (χ2n) is 7.43. The summed E-state index contributed by atoms with van der Waals surface area (Å²) < 4.78 is 22.9. The Balaban J connectivity index is 1.80. The van der Waals surface area contributed by atoms with Crippen LogP contribution in [-0.4, -0.2) is 31.4 Å². The lowest BCUT2D eigenvalue weighted by Crippen LogP contribution is -2.51. The minimum Gasteiger partial charge on any atom is -0.496 e. The van der Waals surface area contributed by atoms with Crippen molar-refractivity contribution in [3.63, 3.8) is 0 Å². The van der Waals surface area contributed by atoms with Crippen molar-refractivity contribution in [2.45, 2.75) is 25.6 Å². The number of methoxy groups -OCH3 is 2. The molecule has 4 rings (SSSR count). The molecule has 0 saturated carbocycles. The molecule has 0 amide bonds. The Bertz CT molecular complexity index is 1110. The van der Waals surface area contributed by atoms with Crippen LogP contribution in [0.15, 0.2) is 42.2 Å². The first-order valence-electron chi connectivity index (χ1n) is 9.63. The van der Waals surface area contributed by atoms with Crippen LogP contribution in [0.25, 0.3) is 0 Å². The van der Waals surface area contributed by atoms with E-state index in [-0.39, 0.29) is 52.4 Å². The first-order valence-corrected chi connectivity index (χ1v) is 10.4. The first kappa shape index (κ1) is 21.5. The molecule has 2 aromatic carbocycles. The average molecular weight is 463 g/mol. The molecule has 6 nitrogen and oxygen atoms in total. The van der Waals surface area contributed by atoms with E-state index in [0.717, 1.165) is 0 Å². The van der Waals surface area contributed by atoms with E-state index in [1.54, 1.807) is 25.1 Å². The smallest absolute Gasteiger partial charge is 0.231 e. The number of ether oxygens (including phenoxy) is 4. The van der Waals surface area contributed by atoms with Crippen LogP contribution in [0.4, 0.5) is 0 Å². The van der Waals surface area contributed by atoms with Crippen LogP contribution in [0, 0.1) is 5.92 Å². The molecule has 0 fully saturated rings. The molecular weight excluding hydrogens is 443 g/mol. The van der Waals surface area contributed by atoms with Crippen molar-refractivity contribution in [2.24, 2.45) is 5.92 Å². The molecule has 2 atom stereocenters. The van der Waals surface area contributed by atoms with Crippen molar-refractivity contribution in [2.75, 3.05) is 14.2 Å². The summed E-state index contributed by atoms with van der Waals surface area (Å²) >= 11 is 12.7. The highest BCUT2D eigenvalue weighted by atomic mass is 35.5. The van der Waals surface area contributed by atoms with Crippen LogP contribution >= 0.6 is 23.2 Å². The molecule has 8 heteroatoms. The van der Waals surface area contributed by atoms with Gasteiger partial charge < -0.3 is 18.9 Å². The third-order valence-electron chi connectivity index (χ3n) is 5.62. The molecule has 2 aromatic rings. The van der Waals surface area contributed by atoms with Gasteiger partial charge in [0.05, 0.1) is 14.2 Å². The molecular formula is C23H20Cl2O6. The fraction of sp³-hybridized carbons (Fsp3) is 0.304. The van der Waals surface area contributed by atoms with Crippen LogP contribution in [-0.2, 0) is 16.1 Å². The number of carbonyl (C=O) groups excluding carboxylic acids is 2. The molecule has 31 heavy (non-hydrogen) atoms. The van der Waals surface area contributed by atoms with Gasteiger partial charge in [-0.05, 0) is 6.07 Å². The SMILES string of the molecule is COc1cc(OC)c2c(c1Cl)OC1(C2=O)C(OCc2ccccc2Cl)=CC(=O)CC1C. The largest absolute Gasteiger partial charge is 0.496 e. The molecule has 2 unspecified atom stereocenters. The molecule has 0 radical (unpaired) electrons. The summed E-state index contributed by atoms with van der Waals surface area (Å²) in [6, 6.07) is 8.71. The number of carbonyl (C=O) groups is 2. The first-order chi connectivity index (χ1) is 14.8. The Morgan fingerprint density at radius 3 is 2.52 bits per heavy atom. The van der Waals surface area contributed by atoms with E-state index in [2.05, 4.69) is 0 Å². The second kappa shape index (κ2) is 8.09. The van der Waals surface area contributed by atoms with E-state index < -0.39 is 11.5 Å². The minimum atomic E-state index is -1.54. The molecule has 1 heterocycles. The highest BCUT2D eigenvalue weighted by Crippen LogP contribution is 2.54. The lowest BCUT2D eigenvalue weighted by Gasteiger charge is -2.37. The summed E-state index contributed by atoms with van der Waals surface area (Å²) in [7, 11) is 2.90. The van der Waals surface area contributed by atoms with E-state index in [9.17, 15) is 9.59 Å². The van der Waals surface area contributed by atoms with Gasteiger partial charge in [0, 0.05) is 35.1 Å². The number of benzene rings is 2. The highest BCUT2D eigenvalue weighted by molar-refractivity contribution is 6.35. The molecule has 0 bridgehead atoms. The number of hydrogen-bond acceptors (Lipinski definition) is 6. The lowest BCUT2D eigenvalue weighted by molar-refractivity contribution is -0.118. The predicted octanol–water partition coefficient (Wildman–Crippen LogP) is 5.03. The molecule has 0 aromatic heterocycles. The zero-order valence-corrected chi connectivity index (χ0v) is 18.7.